The molecule has 0 unspecified atom stereocenters. The first-order valence-corrected chi connectivity index (χ1v) is 3.95. The minimum Gasteiger partial charge on any atom is -0.258 e. The highest BCUT2D eigenvalue weighted by Crippen LogP contribution is 2.20. The lowest BCUT2D eigenvalue weighted by molar-refractivity contribution is -0.387. The summed E-state index contributed by atoms with van der Waals surface area (Å²) >= 11 is 0. The highest BCUT2D eigenvalue weighted by atomic mass is 19.1. The van der Waals surface area contributed by atoms with E-state index in [2.05, 4.69) is 0 Å². The summed E-state index contributed by atoms with van der Waals surface area (Å²) in [5.41, 5.74) is -0.332. The summed E-state index contributed by atoms with van der Waals surface area (Å²) in [7, 11) is 0. The lowest BCUT2D eigenvalue weighted by Crippen LogP contribution is -1.97. The molecule has 0 spiro atoms. The van der Waals surface area contributed by atoms with Gasteiger partial charge in [-0.1, -0.05) is 12.1 Å². The zero-order valence-electron chi connectivity index (χ0n) is 7.24. The maximum absolute atomic E-state index is 13.3. The number of hydrogen-bond donors (Lipinski definition) is 0. The fourth-order valence-electron chi connectivity index (χ4n) is 1.09. The highest BCUT2D eigenvalue weighted by molar-refractivity contribution is 5.36. The van der Waals surface area contributed by atoms with Crippen LogP contribution >= 0.6 is 0 Å². The molecule has 5 heteroatoms. The largest absolute Gasteiger partial charge is 0.305 e. The molecule has 0 radical (unpaired) electrons. The second-order valence-electron chi connectivity index (χ2n) is 2.67. The highest BCUT2D eigenvalue weighted by Gasteiger charge is 2.16. The van der Waals surface area contributed by atoms with Gasteiger partial charge in [-0.15, -0.1) is 0 Å². The van der Waals surface area contributed by atoms with E-state index in [1.807, 2.05) is 6.07 Å². The van der Waals surface area contributed by atoms with Crippen LogP contribution in [0.4, 0.5) is 10.1 Å². The van der Waals surface area contributed by atoms with Gasteiger partial charge in [0.1, 0.15) is 0 Å². The van der Waals surface area contributed by atoms with Gasteiger partial charge in [0.15, 0.2) is 0 Å². The fourth-order valence-corrected chi connectivity index (χ4v) is 1.09. The molecular weight excluding hydrogens is 187 g/mol. The van der Waals surface area contributed by atoms with Gasteiger partial charge in [-0.3, -0.25) is 10.1 Å². The Morgan fingerprint density at radius 2 is 2.29 bits per heavy atom. The number of rotatable bonds is 3. The smallest absolute Gasteiger partial charge is 0.258 e. The van der Waals surface area contributed by atoms with Crippen LogP contribution < -0.4 is 0 Å². The van der Waals surface area contributed by atoms with E-state index >= 15 is 0 Å². The number of hydrogen-bond acceptors (Lipinski definition) is 3. The summed E-state index contributed by atoms with van der Waals surface area (Å²) in [4.78, 5) is 9.58. The summed E-state index contributed by atoms with van der Waals surface area (Å²) in [6.07, 6.45) is 0.349. The predicted octanol–water partition coefficient (Wildman–Crippen LogP) is 2.19. The van der Waals surface area contributed by atoms with Gasteiger partial charge in [-0.2, -0.15) is 9.65 Å². The average Bonchev–Trinajstić information content (AvgIpc) is 2.16. The van der Waals surface area contributed by atoms with E-state index in [-0.39, 0.29) is 18.4 Å². The Bertz CT molecular complexity index is 398. The van der Waals surface area contributed by atoms with Crippen molar-refractivity contribution in [1.82, 2.24) is 0 Å². The lowest BCUT2D eigenvalue weighted by Gasteiger charge is -1.99. The van der Waals surface area contributed by atoms with Crippen molar-refractivity contribution < 1.29 is 9.31 Å². The molecular formula is C9H7FN2O2. The number of nitriles is 1. The van der Waals surface area contributed by atoms with Crippen molar-refractivity contribution >= 4 is 5.69 Å². The number of benzene rings is 1. The monoisotopic (exact) mass is 194 g/mol. The first-order chi connectivity index (χ1) is 6.66. The van der Waals surface area contributed by atoms with E-state index in [4.69, 9.17) is 5.26 Å². The Morgan fingerprint density at radius 1 is 1.57 bits per heavy atom. The standard InChI is InChI=1S/C9H7FN2O2/c10-9-7(4-2-6-11)3-1-5-8(9)12(13)14/h1,3,5H,2,4H2. The molecule has 0 saturated carbocycles. The van der Waals surface area contributed by atoms with Crippen LogP contribution in [-0.2, 0) is 6.42 Å². The maximum atomic E-state index is 13.3. The van der Waals surface area contributed by atoms with Crippen LogP contribution in [0.25, 0.3) is 0 Å². The molecule has 14 heavy (non-hydrogen) atoms. The Labute approximate surface area is 79.7 Å². The minimum atomic E-state index is -0.840. The lowest BCUT2D eigenvalue weighted by atomic mass is 10.1. The van der Waals surface area contributed by atoms with Crippen LogP contribution in [0.2, 0.25) is 0 Å². The van der Waals surface area contributed by atoms with Crippen LogP contribution in [0.1, 0.15) is 12.0 Å². The Balaban J connectivity index is 3.02. The topological polar surface area (TPSA) is 66.9 Å². The average molecular weight is 194 g/mol. The van der Waals surface area contributed by atoms with E-state index in [1.165, 1.54) is 12.1 Å². The van der Waals surface area contributed by atoms with Gasteiger partial charge in [0, 0.05) is 12.5 Å². The molecule has 0 amide bonds. The zero-order chi connectivity index (χ0) is 10.6. The van der Waals surface area contributed by atoms with Crippen molar-refractivity contribution in [3.8, 4) is 6.07 Å². The second kappa shape index (κ2) is 4.33. The second-order valence-corrected chi connectivity index (χ2v) is 2.67. The molecule has 0 aromatic heterocycles. The van der Waals surface area contributed by atoms with Gasteiger partial charge in [0.25, 0.3) is 0 Å². The fraction of sp³-hybridized carbons (Fsp3) is 0.222. The van der Waals surface area contributed by atoms with Gasteiger partial charge in [0.2, 0.25) is 5.82 Å². The molecule has 1 aromatic carbocycles. The Hall–Kier alpha value is -1.96. The third-order valence-electron chi connectivity index (χ3n) is 1.76. The number of aryl methyl sites for hydroxylation is 1. The first-order valence-electron chi connectivity index (χ1n) is 3.95. The van der Waals surface area contributed by atoms with Crippen LogP contribution in [-0.4, -0.2) is 4.92 Å². The van der Waals surface area contributed by atoms with Crippen molar-refractivity contribution in [3.05, 3.63) is 39.7 Å². The van der Waals surface area contributed by atoms with E-state index in [0.717, 1.165) is 6.07 Å². The van der Waals surface area contributed by atoms with Crippen molar-refractivity contribution in [2.75, 3.05) is 0 Å². The van der Waals surface area contributed by atoms with E-state index in [0.29, 0.717) is 0 Å². The van der Waals surface area contributed by atoms with Gasteiger partial charge in [0.05, 0.1) is 11.0 Å². The molecule has 0 fully saturated rings. The van der Waals surface area contributed by atoms with Crippen molar-refractivity contribution in [2.24, 2.45) is 0 Å². The minimum absolute atomic E-state index is 0.151. The molecule has 0 atom stereocenters. The van der Waals surface area contributed by atoms with E-state index < -0.39 is 16.4 Å². The maximum Gasteiger partial charge on any atom is 0.305 e. The van der Waals surface area contributed by atoms with Gasteiger partial charge in [-0.05, 0) is 12.0 Å². The summed E-state index contributed by atoms with van der Waals surface area (Å²) in [6.45, 7) is 0. The first kappa shape index (κ1) is 10.1. The number of halogens is 1. The van der Waals surface area contributed by atoms with E-state index in [9.17, 15) is 14.5 Å². The molecule has 0 heterocycles. The Kier molecular flexibility index (Phi) is 3.13. The summed E-state index contributed by atoms with van der Waals surface area (Å²) in [6, 6.07) is 5.81. The number of nitrogens with zero attached hydrogens (tertiary/aromatic N) is 2. The number of nitro groups is 1. The summed E-state index contributed by atoms with van der Waals surface area (Å²) in [5, 5.41) is 18.6. The van der Waals surface area contributed by atoms with Gasteiger partial charge in [-0.25, -0.2) is 0 Å². The quantitative estimate of drug-likeness (QED) is 0.547. The third kappa shape index (κ3) is 2.04. The van der Waals surface area contributed by atoms with Crippen molar-refractivity contribution in [2.45, 2.75) is 12.8 Å². The molecule has 0 N–H and O–H groups in total. The van der Waals surface area contributed by atoms with Crippen molar-refractivity contribution in [3.63, 3.8) is 0 Å². The molecule has 72 valence electrons. The third-order valence-corrected chi connectivity index (χ3v) is 1.76. The summed E-state index contributed by atoms with van der Waals surface area (Å²) in [5.74, 6) is -0.840. The van der Waals surface area contributed by atoms with Crippen molar-refractivity contribution in [1.29, 1.82) is 5.26 Å². The molecule has 1 aromatic rings. The zero-order valence-corrected chi connectivity index (χ0v) is 7.24. The molecule has 0 bridgehead atoms. The molecule has 0 aliphatic carbocycles. The molecule has 0 aliphatic rings. The summed E-state index contributed by atoms with van der Waals surface area (Å²) < 4.78 is 13.3. The number of nitro benzene ring substituents is 1. The molecule has 0 saturated heterocycles. The van der Waals surface area contributed by atoms with Gasteiger partial charge < -0.3 is 0 Å². The molecule has 1 rings (SSSR count). The molecule has 0 aliphatic heterocycles. The van der Waals surface area contributed by atoms with Crippen LogP contribution in [0, 0.1) is 27.3 Å². The van der Waals surface area contributed by atoms with E-state index in [1.54, 1.807) is 0 Å². The SMILES string of the molecule is N#CCCc1cccc([N+](=O)[O-])c1F. The Morgan fingerprint density at radius 3 is 2.86 bits per heavy atom. The predicted molar refractivity (Wildman–Crippen MR) is 47.0 cm³/mol. The van der Waals surface area contributed by atoms with Gasteiger partial charge >= 0.3 is 5.69 Å². The molecule has 4 nitrogen and oxygen atoms in total. The van der Waals surface area contributed by atoms with Crippen LogP contribution in [0.5, 0.6) is 0 Å². The normalized spacial score (nSPS) is 9.43. The van der Waals surface area contributed by atoms with Crippen LogP contribution in [0.3, 0.4) is 0 Å². The van der Waals surface area contributed by atoms with Crippen LogP contribution in [0.15, 0.2) is 18.2 Å².